The van der Waals surface area contributed by atoms with Gasteiger partial charge in [-0.25, -0.2) is 10.2 Å². The molecule has 3 rings (SSSR count). The number of ether oxygens (including phenoxy) is 2. The van der Waals surface area contributed by atoms with Gasteiger partial charge in [-0.1, -0.05) is 6.07 Å². The second-order valence-corrected chi connectivity index (χ2v) is 8.06. The van der Waals surface area contributed by atoms with Gasteiger partial charge in [0.25, 0.3) is 17.3 Å². The van der Waals surface area contributed by atoms with Crippen LogP contribution in [0.2, 0.25) is 0 Å². The number of hydrogen-bond donors (Lipinski definition) is 2. The van der Waals surface area contributed by atoms with Crippen molar-refractivity contribution in [1.29, 1.82) is 0 Å². The summed E-state index contributed by atoms with van der Waals surface area (Å²) in [5.41, 5.74) is 2.77. The molecule has 14 heteroatoms. The van der Waals surface area contributed by atoms with E-state index in [4.69, 9.17) is 9.47 Å². The molecule has 0 fully saturated rings. The summed E-state index contributed by atoms with van der Waals surface area (Å²) in [5, 5.41) is 28.1. The summed E-state index contributed by atoms with van der Waals surface area (Å²) in [6.07, 6.45) is 1.76. The molecule has 0 unspecified atom stereocenters. The molecular weight excluding hydrogens is 526 g/mol. The Labute approximate surface area is 226 Å². The second kappa shape index (κ2) is 13.8. The third-order valence-corrected chi connectivity index (χ3v) is 5.29. The smallest absolute Gasteiger partial charge is 0.343 e. The number of nitro groups is 2. The molecule has 0 aliphatic carbocycles. The van der Waals surface area contributed by atoms with E-state index in [1.165, 1.54) is 67.9 Å². The first-order valence-electron chi connectivity index (χ1n) is 11.7. The maximum atomic E-state index is 12.4. The summed E-state index contributed by atoms with van der Waals surface area (Å²) in [6.45, 7) is 0.209. The van der Waals surface area contributed by atoms with Crippen LogP contribution in [0.15, 0.2) is 71.8 Å². The van der Waals surface area contributed by atoms with Crippen LogP contribution in [-0.2, 0) is 4.79 Å². The number of carbonyl (C=O) groups is 3. The molecule has 3 aromatic rings. The van der Waals surface area contributed by atoms with Crippen LogP contribution in [0, 0.1) is 20.2 Å². The van der Waals surface area contributed by atoms with Gasteiger partial charge in [0, 0.05) is 42.8 Å². The molecule has 0 aromatic heterocycles. The van der Waals surface area contributed by atoms with Gasteiger partial charge in [-0.2, -0.15) is 5.10 Å². The molecule has 0 heterocycles. The van der Waals surface area contributed by atoms with E-state index >= 15 is 0 Å². The average Bonchev–Trinajstić information content (AvgIpc) is 2.95. The van der Waals surface area contributed by atoms with E-state index in [0.29, 0.717) is 12.0 Å². The number of benzene rings is 3. The number of nitrogens with one attached hydrogen (secondary N) is 2. The topological polar surface area (TPSA) is 192 Å². The summed E-state index contributed by atoms with van der Waals surface area (Å²) >= 11 is 0. The third-order valence-electron chi connectivity index (χ3n) is 5.29. The van der Waals surface area contributed by atoms with Crippen molar-refractivity contribution in [2.24, 2.45) is 5.10 Å². The fourth-order valence-corrected chi connectivity index (χ4v) is 3.28. The van der Waals surface area contributed by atoms with E-state index in [1.807, 2.05) is 0 Å². The van der Waals surface area contributed by atoms with Crippen molar-refractivity contribution in [2.45, 2.75) is 12.8 Å². The Morgan fingerprint density at radius 2 is 1.62 bits per heavy atom. The third kappa shape index (κ3) is 8.17. The van der Waals surface area contributed by atoms with Gasteiger partial charge in [0.15, 0.2) is 11.5 Å². The lowest BCUT2D eigenvalue weighted by Crippen LogP contribution is -2.26. The summed E-state index contributed by atoms with van der Waals surface area (Å²) < 4.78 is 10.6. The molecule has 0 atom stereocenters. The van der Waals surface area contributed by atoms with E-state index < -0.39 is 27.6 Å². The highest BCUT2D eigenvalue weighted by Gasteiger charge is 2.16. The normalized spacial score (nSPS) is 10.5. The molecule has 0 radical (unpaired) electrons. The zero-order chi connectivity index (χ0) is 29.1. The molecule has 206 valence electrons. The SMILES string of the molecule is COc1cc(C=NNC(=O)CCCNC(=O)c2ccc([N+](=O)[O-])cc2)ccc1OC(=O)c1cccc([N+](=O)[O-])c1. The van der Waals surface area contributed by atoms with E-state index in [2.05, 4.69) is 15.8 Å². The number of hydrazone groups is 1. The quantitative estimate of drug-likeness (QED) is 0.0850. The maximum absolute atomic E-state index is 12.4. The molecule has 0 aliphatic heterocycles. The second-order valence-electron chi connectivity index (χ2n) is 8.06. The molecule has 14 nitrogen and oxygen atoms in total. The average molecular weight is 549 g/mol. The van der Waals surface area contributed by atoms with Gasteiger partial charge in [-0.15, -0.1) is 0 Å². The number of rotatable bonds is 12. The van der Waals surface area contributed by atoms with Crippen LogP contribution in [0.4, 0.5) is 11.4 Å². The van der Waals surface area contributed by atoms with Crippen LogP contribution in [0.3, 0.4) is 0 Å². The monoisotopic (exact) mass is 549 g/mol. The molecule has 2 amide bonds. The number of esters is 1. The van der Waals surface area contributed by atoms with Crippen LogP contribution < -0.4 is 20.2 Å². The molecule has 0 aliphatic rings. The molecular formula is C26H23N5O9. The van der Waals surface area contributed by atoms with Gasteiger partial charge >= 0.3 is 5.97 Å². The number of non-ortho nitro benzene ring substituents is 2. The Morgan fingerprint density at radius 1 is 0.900 bits per heavy atom. The van der Waals surface area contributed by atoms with Gasteiger partial charge in [-0.05, 0) is 48.4 Å². The number of amides is 2. The van der Waals surface area contributed by atoms with Crippen molar-refractivity contribution < 1.29 is 33.7 Å². The number of hydrogen-bond acceptors (Lipinski definition) is 10. The van der Waals surface area contributed by atoms with E-state index in [1.54, 1.807) is 6.07 Å². The minimum Gasteiger partial charge on any atom is -0.493 e. The van der Waals surface area contributed by atoms with Crippen molar-refractivity contribution in [3.63, 3.8) is 0 Å². The molecule has 3 aromatic carbocycles. The zero-order valence-electron chi connectivity index (χ0n) is 21.1. The van der Waals surface area contributed by atoms with Gasteiger partial charge in [-0.3, -0.25) is 29.8 Å². The Kier molecular flexibility index (Phi) is 9.94. The lowest BCUT2D eigenvalue weighted by atomic mass is 10.2. The Balaban J connectivity index is 1.46. The molecule has 0 saturated carbocycles. The number of nitrogens with zero attached hydrogens (tertiary/aromatic N) is 3. The molecule has 0 spiro atoms. The lowest BCUT2D eigenvalue weighted by molar-refractivity contribution is -0.385. The highest BCUT2D eigenvalue weighted by molar-refractivity contribution is 5.94. The standard InChI is InChI=1S/C26H23N5O9/c1-39-23-14-17(7-12-22(23)40-26(34)19-4-2-5-21(15-19)31(37)38)16-28-29-24(32)6-3-13-27-25(33)18-8-10-20(11-9-18)30(35)36/h2,4-5,7-12,14-16H,3,6,13H2,1H3,(H,27,33)(H,29,32). The Hall–Kier alpha value is -5.66. The first-order chi connectivity index (χ1) is 19.2. The molecule has 2 N–H and O–H groups in total. The highest BCUT2D eigenvalue weighted by atomic mass is 16.6. The van der Waals surface area contributed by atoms with Crippen molar-refractivity contribution in [3.8, 4) is 11.5 Å². The van der Waals surface area contributed by atoms with E-state index in [0.717, 1.165) is 6.07 Å². The van der Waals surface area contributed by atoms with E-state index in [-0.39, 0.29) is 47.0 Å². The molecule has 0 bridgehead atoms. The van der Waals surface area contributed by atoms with Crippen molar-refractivity contribution in [2.75, 3.05) is 13.7 Å². The summed E-state index contributed by atoms with van der Waals surface area (Å²) in [6, 6.07) is 14.8. The number of carbonyl (C=O) groups excluding carboxylic acids is 3. The first-order valence-corrected chi connectivity index (χ1v) is 11.7. The van der Waals surface area contributed by atoms with Gasteiger partial charge in [0.2, 0.25) is 5.91 Å². The lowest BCUT2D eigenvalue weighted by Gasteiger charge is -2.10. The zero-order valence-corrected chi connectivity index (χ0v) is 21.1. The van der Waals surface area contributed by atoms with Crippen LogP contribution in [0.25, 0.3) is 0 Å². The first kappa shape index (κ1) is 28.9. The number of methoxy groups -OCH3 is 1. The van der Waals surface area contributed by atoms with Gasteiger partial charge in [0.1, 0.15) is 0 Å². The van der Waals surface area contributed by atoms with Crippen LogP contribution in [0.5, 0.6) is 11.5 Å². The number of nitro benzene ring substituents is 2. The minimum atomic E-state index is -0.806. The van der Waals surface area contributed by atoms with Crippen molar-refractivity contribution in [3.05, 3.63) is 104 Å². The minimum absolute atomic E-state index is 0.00415. The van der Waals surface area contributed by atoms with Crippen LogP contribution >= 0.6 is 0 Å². The summed E-state index contributed by atoms with van der Waals surface area (Å²) in [5.74, 6) is -1.34. The molecule has 0 saturated heterocycles. The van der Waals surface area contributed by atoms with Gasteiger partial charge in [0.05, 0.1) is 28.7 Å². The van der Waals surface area contributed by atoms with Gasteiger partial charge < -0.3 is 14.8 Å². The fourth-order valence-electron chi connectivity index (χ4n) is 3.28. The van der Waals surface area contributed by atoms with Crippen LogP contribution in [-0.4, -0.2) is 47.5 Å². The maximum Gasteiger partial charge on any atom is 0.343 e. The van der Waals surface area contributed by atoms with Crippen LogP contribution in [0.1, 0.15) is 39.1 Å². The van der Waals surface area contributed by atoms with E-state index in [9.17, 15) is 34.6 Å². The van der Waals surface area contributed by atoms with Crippen molar-refractivity contribution >= 4 is 35.4 Å². The highest BCUT2D eigenvalue weighted by Crippen LogP contribution is 2.28. The fraction of sp³-hybridized carbons (Fsp3) is 0.154. The summed E-state index contributed by atoms with van der Waals surface area (Å²) in [4.78, 5) is 57.0. The largest absolute Gasteiger partial charge is 0.493 e. The predicted octanol–water partition coefficient (Wildman–Crippen LogP) is 3.39. The Morgan fingerprint density at radius 3 is 2.30 bits per heavy atom. The predicted molar refractivity (Wildman–Crippen MR) is 141 cm³/mol. The Bertz CT molecular complexity index is 1460. The summed E-state index contributed by atoms with van der Waals surface area (Å²) in [7, 11) is 1.36. The molecule has 40 heavy (non-hydrogen) atoms. The van der Waals surface area contributed by atoms with Crippen molar-refractivity contribution in [1.82, 2.24) is 10.7 Å².